The van der Waals surface area contributed by atoms with E-state index in [1.807, 2.05) is 6.92 Å². The maximum Gasteiger partial charge on any atom is 0.340 e. The van der Waals surface area contributed by atoms with Gasteiger partial charge in [-0.2, -0.15) is 0 Å². The lowest BCUT2D eigenvalue weighted by Gasteiger charge is -2.15. The second kappa shape index (κ2) is 8.90. The Bertz CT molecular complexity index is 921. The Morgan fingerprint density at radius 3 is 2.67 bits per heavy atom. The Kier molecular flexibility index (Phi) is 6.85. The quantitative estimate of drug-likeness (QED) is 0.665. The fourth-order valence-corrected chi connectivity index (χ4v) is 3.06. The molecular formula is C19H22ClNO6. The first-order valence-electron chi connectivity index (χ1n) is 8.60. The molecule has 146 valence electrons. The van der Waals surface area contributed by atoms with Gasteiger partial charge in [0.25, 0.3) is 0 Å². The van der Waals surface area contributed by atoms with Crippen LogP contribution in [0, 0.1) is 6.92 Å². The minimum absolute atomic E-state index is 0.167. The number of hydrogen-bond donors (Lipinski definition) is 2. The minimum Gasteiger partial charge on any atom is -0.495 e. The fourth-order valence-electron chi connectivity index (χ4n) is 2.82. The molecule has 0 saturated carbocycles. The van der Waals surface area contributed by atoms with E-state index < -0.39 is 23.5 Å². The number of carbonyl (C=O) groups is 2. The second-order valence-electron chi connectivity index (χ2n) is 6.25. The highest BCUT2D eigenvalue weighted by Gasteiger charge is 2.22. The highest BCUT2D eigenvalue weighted by Crippen LogP contribution is 2.31. The number of carboxylic acids is 1. The van der Waals surface area contributed by atoms with Crippen molar-refractivity contribution in [2.75, 3.05) is 7.11 Å². The summed E-state index contributed by atoms with van der Waals surface area (Å²) in [5.41, 5.74) is 0.372. The van der Waals surface area contributed by atoms with Crippen LogP contribution in [-0.2, 0) is 16.0 Å². The first kappa shape index (κ1) is 20.8. The van der Waals surface area contributed by atoms with Crippen molar-refractivity contribution in [1.82, 2.24) is 5.32 Å². The summed E-state index contributed by atoms with van der Waals surface area (Å²) in [6.07, 6.45) is 1.55. The lowest BCUT2D eigenvalue weighted by Crippen LogP contribution is -2.42. The number of benzene rings is 1. The molecular weight excluding hydrogens is 374 g/mol. The Balaban J connectivity index is 2.31. The van der Waals surface area contributed by atoms with Gasteiger partial charge in [0.05, 0.1) is 24.1 Å². The third-order valence-corrected chi connectivity index (χ3v) is 4.67. The maximum absolute atomic E-state index is 12.3. The van der Waals surface area contributed by atoms with Crippen molar-refractivity contribution in [2.24, 2.45) is 0 Å². The molecule has 1 heterocycles. The average Bonchev–Trinajstić information content (AvgIpc) is 2.62. The number of aliphatic carboxylic acids is 1. The summed E-state index contributed by atoms with van der Waals surface area (Å²) < 4.78 is 10.4. The van der Waals surface area contributed by atoms with Crippen LogP contribution in [-0.4, -0.2) is 30.1 Å². The summed E-state index contributed by atoms with van der Waals surface area (Å²) in [5, 5.41) is 12.6. The molecule has 0 spiro atoms. The van der Waals surface area contributed by atoms with Gasteiger partial charge in [0.15, 0.2) is 0 Å². The maximum atomic E-state index is 12.3. The van der Waals surface area contributed by atoms with Crippen molar-refractivity contribution in [3.05, 3.63) is 38.7 Å². The van der Waals surface area contributed by atoms with Crippen molar-refractivity contribution >= 4 is 34.4 Å². The number of unbranched alkanes of at least 4 members (excludes halogenated alkanes) is 1. The summed E-state index contributed by atoms with van der Waals surface area (Å²) in [6.45, 7) is 3.63. The van der Waals surface area contributed by atoms with Crippen LogP contribution in [0.15, 0.2) is 21.3 Å². The number of amides is 1. The van der Waals surface area contributed by atoms with Crippen LogP contribution in [0.5, 0.6) is 5.75 Å². The van der Waals surface area contributed by atoms with Crippen LogP contribution < -0.4 is 15.7 Å². The zero-order valence-corrected chi connectivity index (χ0v) is 16.2. The predicted octanol–water partition coefficient (Wildman–Crippen LogP) is 3.07. The molecule has 0 aliphatic rings. The SMILES string of the molecule is CCCC[C@H](NC(=O)Cc1c(C)c2cc(Cl)c(OC)cc2oc1=O)C(=O)O. The molecule has 2 rings (SSSR count). The van der Waals surface area contributed by atoms with E-state index in [0.717, 1.165) is 6.42 Å². The lowest BCUT2D eigenvalue weighted by molar-refractivity contribution is -0.142. The predicted molar refractivity (Wildman–Crippen MR) is 102 cm³/mol. The Morgan fingerprint density at radius 1 is 1.37 bits per heavy atom. The third-order valence-electron chi connectivity index (χ3n) is 4.38. The van der Waals surface area contributed by atoms with Crippen LogP contribution in [0.1, 0.15) is 37.3 Å². The van der Waals surface area contributed by atoms with Gasteiger partial charge in [0.2, 0.25) is 5.91 Å². The van der Waals surface area contributed by atoms with Gasteiger partial charge in [-0.25, -0.2) is 9.59 Å². The topological polar surface area (TPSA) is 106 Å². The van der Waals surface area contributed by atoms with E-state index in [1.54, 1.807) is 13.0 Å². The number of fused-ring (bicyclic) bond motifs is 1. The van der Waals surface area contributed by atoms with Gasteiger partial charge < -0.3 is 19.6 Å². The molecule has 7 nitrogen and oxygen atoms in total. The van der Waals surface area contributed by atoms with E-state index in [9.17, 15) is 19.5 Å². The largest absolute Gasteiger partial charge is 0.495 e. The summed E-state index contributed by atoms with van der Waals surface area (Å²) in [5.74, 6) is -1.27. The molecule has 0 bridgehead atoms. The highest BCUT2D eigenvalue weighted by molar-refractivity contribution is 6.32. The molecule has 0 fully saturated rings. The van der Waals surface area contributed by atoms with Gasteiger partial charge in [-0.15, -0.1) is 0 Å². The standard InChI is InChI=1S/C19H22ClNO6/c1-4-5-6-14(18(23)24)21-17(22)8-12-10(2)11-7-13(20)16(26-3)9-15(11)27-19(12)25/h7,9,14H,4-6,8H2,1-3H3,(H,21,22)(H,23,24)/t14-/m0/s1. The zero-order chi connectivity index (χ0) is 20.1. The van der Waals surface area contributed by atoms with E-state index in [-0.39, 0.29) is 12.0 Å². The smallest absolute Gasteiger partial charge is 0.340 e. The number of aryl methyl sites for hydroxylation is 1. The number of carboxylic acid groups (broad SMARTS) is 1. The Labute approximate surface area is 161 Å². The second-order valence-corrected chi connectivity index (χ2v) is 6.66. The molecule has 1 amide bonds. The van der Waals surface area contributed by atoms with Crippen molar-refractivity contribution < 1.29 is 23.8 Å². The Morgan fingerprint density at radius 2 is 2.07 bits per heavy atom. The average molecular weight is 396 g/mol. The number of halogens is 1. The molecule has 0 saturated heterocycles. The van der Waals surface area contributed by atoms with E-state index in [0.29, 0.717) is 40.1 Å². The van der Waals surface area contributed by atoms with E-state index in [4.69, 9.17) is 20.8 Å². The van der Waals surface area contributed by atoms with Crippen molar-refractivity contribution in [2.45, 2.75) is 45.6 Å². The summed E-state index contributed by atoms with van der Waals surface area (Å²) in [7, 11) is 1.45. The molecule has 1 atom stereocenters. The molecule has 2 aromatic rings. The van der Waals surface area contributed by atoms with Crippen LogP contribution in [0.2, 0.25) is 5.02 Å². The summed E-state index contributed by atoms with van der Waals surface area (Å²) >= 11 is 6.14. The van der Waals surface area contributed by atoms with Crippen LogP contribution in [0.3, 0.4) is 0 Å². The number of hydrogen-bond acceptors (Lipinski definition) is 5. The number of ether oxygens (including phenoxy) is 1. The number of carbonyl (C=O) groups excluding carboxylic acids is 1. The fraction of sp³-hybridized carbons (Fsp3) is 0.421. The third kappa shape index (κ3) is 4.80. The molecule has 1 aromatic heterocycles. The molecule has 1 aromatic carbocycles. The molecule has 8 heteroatoms. The van der Waals surface area contributed by atoms with E-state index in [1.165, 1.54) is 13.2 Å². The van der Waals surface area contributed by atoms with E-state index in [2.05, 4.69) is 5.32 Å². The van der Waals surface area contributed by atoms with Gasteiger partial charge in [-0.05, 0) is 25.0 Å². The van der Waals surface area contributed by atoms with Crippen molar-refractivity contribution in [1.29, 1.82) is 0 Å². The zero-order valence-electron chi connectivity index (χ0n) is 15.4. The van der Waals surface area contributed by atoms with Crippen molar-refractivity contribution in [3.8, 4) is 5.75 Å². The molecule has 0 unspecified atom stereocenters. The first-order chi connectivity index (χ1) is 12.8. The van der Waals surface area contributed by atoms with Gasteiger partial charge in [-0.3, -0.25) is 4.79 Å². The number of rotatable bonds is 8. The molecule has 0 radical (unpaired) electrons. The monoisotopic (exact) mass is 395 g/mol. The lowest BCUT2D eigenvalue weighted by atomic mass is 10.0. The van der Waals surface area contributed by atoms with Crippen LogP contribution >= 0.6 is 11.6 Å². The summed E-state index contributed by atoms with van der Waals surface area (Å²) in [4.78, 5) is 35.9. The molecule has 0 aliphatic heterocycles. The number of methoxy groups -OCH3 is 1. The first-order valence-corrected chi connectivity index (χ1v) is 8.98. The van der Waals surface area contributed by atoms with Gasteiger partial charge in [0, 0.05) is 11.5 Å². The van der Waals surface area contributed by atoms with Gasteiger partial charge >= 0.3 is 11.6 Å². The van der Waals surface area contributed by atoms with Gasteiger partial charge in [0.1, 0.15) is 17.4 Å². The molecule has 0 aliphatic carbocycles. The number of nitrogens with one attached hydrogen (secondary N) is 1. The molecule has 2 N–H and O–H groups in total. The highest BCUT2D eigenvalue weighted by atomic mass is 35.5. The summed E-state index contributed by atoms with van der Waals surface area (Å²) in [6, 6.07) is 2.14. The Hall–Kier alpha value is -2.54. The van der Waals surface area contributed by atoms with Crippen LogP contribution in [0.25, 0.3) is 11.0 Å². The van der Waals surface area contributed by atoms with Gasteiger partial charge in [-0.1, -0.05) is 31.4 Å². The van der Waals surface area contributed by atoms with Crippen LogP contribution in [0.4, 0.5) is 0 Å². The molecule has 27 heavy (non-hydrogen) atoms. The normalized spacial score (nSPS) is 12.0. The van der Waals surface area contributed by atoms with Crippen molar-refractivity contribution in [3.63, 3.8) is 0 Å². The van der Waals surface area contributed by atoms with E-state index >= 15 is 0 Å². The minimum atomic E-state index is -1.10.